The highest BCUT2D eigenvalue weighted by Crippen LogP contribution is 2.22. The van der Waals surface area contributed by atoms with Crippen LogP contribution >= 0.6 is 28.1 Å². The minimum absolute atomic E-state index is 0.220. The van der Waals surface area contributed by atoms with Gasteiger partial charge in [0.25, 0.3) is 0 Å². The van der Waals surface area contributed by atoms with Crippen molar-refractivity contribution in [3.8, 4) is 0 Å². The predicted octanol–water partition coefficient (Wildman–Crippen LogP) is 5.50. The van der Waals surface area contributed by atoms with Gasteiger partial charge in [0.15, 0.2) is 5.11 Å². The van der Waals surface area contributed by atoms with Gasteiger partial charge in [0, 0.05) is 10.2 Å². The number of benzene rings is 2. The minimum Gasteiger partial charge on any atom is -0.356 e. The van der Waals surface area contributed by atoms with Gasteiger partial charge in [-0.05, 0) is 67.4 Å². The molecule has 0 aliphatic carbocycles. The Hall–Kier alpha value is -1.39. The van der Waals surface area contributed by atoms with Crippen LogP contribution in [0.4, 0.5) is 5.69 Å². The van der Waals surface area contributed by atoms with Crippen molar-refractivity contribution in [1.29, 1.82) is 0 Å². The van der Waals surface area contributed by atoms with E-state index in [1.54, 1.807) is 0 Å². The van der Waals surface area contributed by atoms with Crippen LogP contribution < -0.4 is 10.6 Å². The van der Waals surface area contributed by atoms with E-state index in [4.69, 9.17) is 12.2 Å². The Balaban J connectivity index is 2.06. The molecule has 0 unspecified atom stereocenters. The Morgan fingerprint density at radius 2 is 1.86 bits per heavy atom. The van der Waals surface area contributed by atoms with Crippen LogP contribution in [0.1, 0.15) is 36.1 Å². The summed E-state index contributed by atoms with van der Waals surface area (Å²) in [5, 5.41) is 7.33. The van der Waals surface area contributed by atoms with Crippen LogP contribution in [0.15, 0.2) is 46.9 Å². The van der Waals surface area contributed by atoms with Crippen molar-refractivity contribution in [2.75, 3.05) is 5.32 Å². The second-order valence-electron chi connectivity index (χ2n) is 5.38. The Morgan fingerprint density at radius 1 is 1.14 bits per heavy atom. The fourth-order valence-electron chi connectivity index (χ4n) is 2.43. The maximum atomic E-state index is 5.46. The van der Waals surface area contributed by atoms with Crippen molar-refractivity contribution in [2.24, 2.45) is 0 Å². The Labute approximate surface area is 146 Å². The van der Waals surface area contributed by atoms with Gasteiger partial charge < -0.3 is 10.6 Å². The first kappa shape index (κ1) is 17.0. The maximum Gasteiger partial charge on any atom is 0.171 e. The summed E-state index contributed by atoms with van der Waals surface area (Å²) in [7, 11) is 0. The molecule has 2 aromatic carbocycles. The first-order valence-electron chi connectivity index (χ1n) is 7.40. The van der Waals surface area contributed by atoms with Crippen LogP contribution in [0, 0.1) is 13.8 Å². The molecule has 0 aromatic heterocycles. The summed E-state index contributed by atoms with van der Waals surface area (Å²) in [6.07, 6.45) is 0.978. The normalized spacial score (nSPS) is 11.8. The Morgan fingerprint density at radius 3 is 2.50 bits per heavy atom. The van der Waals surface area contributed by atoms with E-state index in [1.165, 1.54) is 16.7 Å². The smallest absolute Gasteiger partial charge is 0.171 e. The second-order valence-corrected chi connectivity index (χ2v) is 6.64. The molecule has 0 amide bonds. The third-order valence-electron chi connectivity index (χ3n) is 3.69. The van der Waals surface area contributed by atoms with Gasteiger partial charge in [-0.3, -0.25) is 0 Å². The van der Waals surface area contributed by atoms with E-state index >= 15 is 0 Å². The van der Waals surface area contributed by atoms with E-state index < -0.39 is 0 Å². The predicted molar refractivity (Wildman–Crippen MR) is 102 cm³/mol. The largest absolute Gasteiger partial charge is 0.356 e. The molecule has 1 atom stereocenters. The lowest BCUT2D eigenvalue weighted by molar-refractivity contribution is 0.625. The number of anilines is 1. The van der Waals surface area contributed by atoms with Gasteiger partial charge >= 0.3 is 0 Å². The lowest BCUT2D eigenvalue weighted by atomic mass is 10.00. The van der Waals surface area contributed by atoms with Crippen molar-refractivity contribution >= 4 is 38.9 Å². The lowest BCUT2D eigenvalue weighted by Crippen LogP contribution is -2.32. The molecule has 0 aliphatic rings. The van der Waals surface area contributed by atoms with Gasteiger partial charge in [0.05, 0.1) is 6.04 Å². The number of hydrogen-bond acceptors (Lipinski definition) is 1. The topological polar surface area (TPSA) is 24.1 Å². The zero-order valence-electron chi connectivity index (χ0n) is 13.1. The molecule has 2 rings (SSSR count). The van der Waals surface area contributed by atoms with E-state index in [9.17, 15) is 0 Å². The van der Waals surface area contributed by atoms with E-state index in [0.29, 0.717) is 5.11 Å². The molecule has 2 N–H and O–H groups in total. The highest BCUT2D eigenvalue weighted by Gasteiger charge is 2.12. The zero-order valence-corrected chi connectivity index (χ0v) is 15.5. The van der Waals surface area contributed by atoms with Crippen molar-refractivity contribution in [2.45, 2.75) is 33.2 Å². The molecule has 0 heterocycles. The fraction of sp³-hybridized carbons (Fsp3) is 0.278. The van der Waals surface area contributed by atoms with Gasteiger partial charge in [0.1, 0.15) is 0 Å². The molecule has 2 nitrogen and oxygen atoms in total. The molecule has 0 bridgehead atoms. The van der Waals surface area contributed by atoms with Crippen LogP contribution in [0.2, 0.25) is 0 Å². The van der Waals surface area contributed by atoms with Crippen LogP contribution in [0.5, 0.6) is 0 Å². The van der Waals surface area contributed by atoms with Crippen LogP contribution in [-0.4, -0.2) is 5.11 Å². The van der Waals surface area contributed by atoms with Crippen molar-refractivity contribution in [3.63, 3.8) is 0 Å². The number of halogens is 1. The van der Waals surface area contributed by atoms with E-state index in [1.807, 2.05) is 12.1 Å². The quantitative estimate of drug-likeness (QED) is 0.688. The molecule has 116 valence electrons. The second kappa shape index (κ2) is 7.75. The monoisotopic (exact) mass is 376 g/mol. The number of aryl methyl sites for hydroxylation is 2. The minimum atomic E-state index is 0.220. The third-order valence-corrected chi connectivity index (χ3v) is 4.80. The SMILES string of the molecule is CC[C@H](NC(=S)Nc1ccc(Br)c(C)c1)c1ccccc1C. The molecule has 0 saturated carbocycles. The Bertz CT molecular complexity index is 670. The fourth-order valence-corrected chi connectivity index (χ4v) is 2.93. The molecule has 0 aliphatic heterocycles. The van der Waals surface area contributed by atoms with Gasteiger partial charge in [-0.1, -0.05) is 47.1 Å². The molecule has 4 heteroatoms. The standard InChI is InChI=1S/C18H21BrN2S/c1-4-17(15-8-6-5-7-12(15)2)21-18(22)20-14-9-10-16(19)13(3)11-14/h5-11,17H,4H2,1-3H3,(H2,20,21,22)/t17-/m0/s1. The molecule has 0 fully saturated rings. The van der Waals surface area contributed by atoms with Gasteiger partial charge in [-0.25, -0.2) is 0 Å². The molecule has 0 spiro atoms. The zero-order chi connectivity index (χ0) is 16.1. The number of hydrogen-bond donors (Lipinski definition) is 2. The van der Waals surface area contributed by atoms with Crippen molar-refractivity contribution in [1.82, 2.24) is 5.32 Å². The molecule has 22 heavy (non-hydrogen) atoms. The summed E-state index contributed by atoms with van der Waals surface area (Å²) >= 11 is 8.97. The Kier molecular flexibility index (Phi) is 5.98. The van der Waals surface area contributed by atoms with E-state index in [2.05, 4.69) is 77.7 Å². The maximum absolute atomic E-state index is 5.46. The lowest BCUT2D eigenvalue weighted by Gasteiger charge is -2.21. The average molecular weight is 377 g/mol. The molecular weight excluding hydrogens is 356 g/mol. The summed E-state index contributed by atoms with van der Waals surface area (Å²) in [6.45, 7) is 6.36. The van der Waals surface area contributed by atoms with Crippen molar-refractivity contribution < 1.29 is 0 Å². The number of thiocarbonyl (C=S) groups is 1. The van der Waals surface area contributed by atoms with Gasteiger partial charge in [-0.15, -0.1) is 0 Å². The summed E-state index contributed by atoms with van der Waals surface area (Å²) in [5.41, 5.74) is 4.75. The van der Waals surface area contributed by atoms with E-state index in [0.717, 1.165) is 16.6 Å². The highest BCUT2D eigenvalue weighted by molar-refractivity contribution is 9.10. The summed E-state index contributed by atoms with van der Waals surface area (Å²) in [4.78, 5) is 0. The third kappa shape index (κ3) is 4.31. The first-order valence-corrected chi connectivity index (χ1v) is 8.60. The molecular formula is C18H21BrN2S. The first-order chi connectivity index (χ1) is 10.5. The van der Waals surface area contributed by atoms with Gasteiger partial charge in [0.2, 0.25) is 0 Å². The number of rotatable bonds is 4. The van der Waals surface area contributed by atoms with Crippen LogP contribution in [0.25, 0.3) is 0 Å². The molecule has 0 saturated heterocycles. The molecule has 0 radical (unpaired) electrons. The summed E-state index contributed by atoms with van der Waals surface area (Å²) in [6, 6.07) is 14.8. The average Bonchev–Trinajstić information content (AvgIpc) is 2.49. The van der Waals surface area contributed by atoms with Crippen LogP contribution in [0.3, 0.4) is 0 Å². The highest BCUT2D eigenvalue weighted by atomic mass is 79.9. The summed E-state index contributed by atoms with van der Waals surface area (Å²) < 4.78 is 1.10. The molecule has 2 aromatic rings. The van der Waals surface area contributed by atoms with Gasteiger partial charge in [-0.2, -0.15) is 0 Å². The van der Waals surface area contributed by atoms with E-state index in [-0.39, 0.29) is 6.04 Å². The van der Waals surface area contributed by atoms with Crippen molar-refractivity contribution in [3.05, 3.63) is 63.6 Å². The number of nitrogens with one attached hydrogen (secondary N) is 2. The summed E-state index contributed by atoms with van der Waals surface area (Å²) in [5.74, 6) is 0. The van der Waals surface area contributed by atoms with Crippen LogP contribution in [-0.2, 0) is 0 Å².